The average molecular weight is 369 g/mol. The predicted octanol–water partition coefficient (Wildman–Crippen LogP) is 2.66. The van der Waals surface area contributed by atoms with Gasteiger partial charge in [0.25, 0.3) is 11.8 Å². The van der Waals surface area contributed by atoms with Crippen molar-refractivity contribution in [2.75, 3.05) is 18.4 Å². The van der Waals surface area contributed by atoms with Gasteiger partial charge in [0, 0.05) is 13.1 Å². The summed E-state index contributed by atoms with van der Waals surface area (Å²) < 4.78 is 5.02. The van der Waals surface area contributed by atoms with E-state index in [9.17, 15) is 14.4 Å². The van der Waals surface area contributed by atoms with E-state index in [1.807, 2.05) is 4.90 Å². The standard InChI is InChI=1S/C20H23N3O4/c1-14(21-19(25)17-10-7-13-27-17)18(24)22-16-9-4-3-8-15(16)20(26)23-11-5-2-6-12-23/h3-4,7-10,13-14H,2,5-6,11-12H2,1H3,(H,21,25)(H,22,24). The zero-order valence-corrected chi connectivity index (χ0v) is 15.2. The summed E-state index contributed by atoms with van der Waals surface area (Å²) in [5.74, 6) is -0.831. The van der Waals surface area contributed by atoms with Crippen LogP contribution < -0.4 is 10.6 Å². The van der Waals surface area contributed by atoms with Gasteiger partial charge in [-0.15, -0.1) is 0 Å². The van der Waals surface area contributed by atoms with Crippen molar-refractivity contribution in [1.29, 1.82) is 0 Å². The lowest BCUT2D eigenvalue weighted by molar-refractivity contribution is -0.117. The summed E-state index contributed by atoms with van der Waals surface area (Å²) in [5.41, 5.74) is 0.898. The molecule has 142 valence electrons. The van der Waals surface area contributed by atoms with E-state index in [0.717, 1.165) is 32.4 Å². The second kappa shape index (κ2) is 8.53. The average Bonchev–Trinajstić information content (AvgIpc) is 3.23. The number of anilines is 1. The van der Waals surface area contributed by atoms with E-state index in [1.165, 1.54) is 12.3 Å². The van der Waals surface area contributed by atoms with Gasteiger partial charge < -0.3 is 20.0 Å². The summed E-state index contributed by atoms with van der Waals surface area (Å²) >= 11 is 0. The third-order valence-corrected chi connectivity index (χ3v) is 4.54. The molecule has 1 unspecified atom stereocenters. The fourth-order valence-corrected chi connectivity index (χ4v) is 3.03. The highest BCUT2D eigenvalue weighted by atomic mass is 16.3. The lowest BCUT2D eigenvalue weighted by Gasteiger charge is -2.27. The normalized spacial score (nSPS) is 15.1. The van der Waals surface area contributed by atoms with Crippen LogP contribution in [0.15, 0.2) is 47.1 Å². The summed E-state index contributed by atoms with van der Waals surface area (Å²) in [7, 11) is 0. The third-order valence-electron chi connectivity index (χ3n) is 4.54. The first-order valence-electron chi connectivity index (χ1n) is 9.10. The second-order valence-corrected chi connectivity index (χ2v) is 6.56. The van der Waals surface area contributed by atoms with Crippen LogP contribution in [0.3, 0.4) is 0 Å². The fraction of sp³-hybridized carbons (Fsp3) is 0.350. The van der Waals surface area contributed by atoms with E-state index < -0.39 is 17.9 Å². The molecule has 1 aliphatic heterocycles. The number of furan rings is 1. The van der Waals surface area contributed by atoms with Crippen LogP contribution in [0.25, 0.3) is 0 Å². The van der Waals surface area contributed by atoms with Gasteiger partial charge in [-0.1, -0.05) is 12.1 Å². The number of piperidine rings is 1. The molecule has 1 saturated heterocycles. The minimum absolute atomic E-state index is 0.0853. The molecule has 1 aliphatic rings. The summed E-state index contributed by atoms with van der Waals surface area (Å²) in [6.07, 6.45) is 4.52. The highest BCUT2D eigenvalue weighted by Gasteiger charge is 2.23. The van der Waals surface area contributed by atoms with Gasteiger partial charge in [0.05, 0.1) is 17.5 Å². The van der Waals surface area contributed by atoms with E-state index in [1.54, 1.807) is 37.3 Å². The van der Waals surface area contributed by atoms with Gasteiger partial charge >= 0.3 is 0 Å². The molecule has 27 heavy (non-hydrogen) atoms. The van der Waals surface area contributed by atoms with Crippen LogP contribution >= 0.6 is 0 Å². The lowest BCUT2D eigenvalue weighted by atomic mass is 10.1. The van der Waals surface area contributed by atoms with Crippen molar-refractivity contribution in [3.05, 3.63) is 54.0 Å². The molecule has 1 fully saturated rings. The maximum absolute atomic E-state index is 12.8. The van der Waals surface area contributed by atoms with E-state index in [-0.39, 0.29) is 11.7 Å². The van der Waals surface area contributed by atoms with Crippen LogP contribution in [-0.2, 0) is 4.79 Å². The van der Waals surface area contributed by atoms with Gasteiger partial charge in [-0.3, -0.25) is 14.4 Å². The number of carbonyl (C=O) groups is 3. The summed E-state index contributed by atoms with van der Waals surface area (Å²) in [4.78, 5) is 39.1. The molecule has 7 heteroatoms. The molecule has 1 aromatic heterocycles. The molecule has 7 nitrogen and oxygen atoms in total. The van der Waals surface area contributed by atoms with Crippen molar-refractivity contribution in [3.8, 4) is 0 Å². The van der Waals surface area contributed by atoms with Gasteiger partial charge in [-0.25, -0.2) is 0 Å². The Morgan fingerprint density at radius 2 is 1.78 bits per heavy atom. The molecule has 0 bridgehead atoms. The maximum Gasteiger partial charge on any atom is 0.287 e. The first-order valence-corrected chi connectivity index (χ1v) is 9.10. The van der Waals surface area contributed by atoms with Gasteiger partial charge in [0.2, 0.25) is 5.91 Å². The number of amides is 3. The Balaban J connectivity index is 1.67. The largest absolute Gasteiger partial charge is 0.459 e. The third kappa shape index (κ3) is 4.55. The predicted molar refractivity (Wildman–Crippen MR) is 100 cm³/mol. The zero-order valence-electron chi connectivity index (χ0n) is 15.2. The molecular formula is C20H23N3O4. The number of likely N-dealkylation sites (tertiary alicyclic amines) is 1. The Kier molecular flexibility index (Phi) is 5.90. The smallest absolute Gasteiger partial charge is 0.287 e. The quantitative estimate of drug-likeness (QED) is 0.848. The number of benzene rings is 1. The first kappa shape index (κ1) is 18.7. The number of para-hydroxylation sites is 1. The molecule has 0 aliphatic carbocycles. The summed E-state index contributed by atoms with van der Waals surface area (Å²) in [6.45, 7) is 3.04. The number of hydrogen-bond acceptors (Lipinski definition) is 4. The number of hydrogen-bond donors (Lipinski definition) is 2. The summed E-state index contributed by atoms with van der Waals surface area (Å²) in [6, 6.07) is 9.26. The van der Waals surface area contributed by atoms with Crippen molar-refractivity contribution >= 4 is 23.4 Å². The Bertz CT molecular complexity index is 810. The fourth-order valence-electron chi connectivity index (χ4n) is 3.03. The van der Waals surface area contributed by atoms with Gasteiger partial charge in [-0.2, -0.15) is 0 Å². The number of carbonyl (C=O) groups excluding carboxylic acids is 3. The molecular weight excluding hydrogens is 346 g/mol. The molecule has 1 atom stereocenters. The van der Waals surface area contributed by atoms with Gasteiger partial charge in [0.15, 0.2) is 5.76 Å². The van der Waals surface area contributed by atoms with E-state index in [2.05, 4.69) is 10.6 Å². The molecule has 3 amide bonds. The minimum atomic E-state index is -0.791. The van der Waals surface area contributed by atoms with Crippen molar-refractivity contribution in [1.82, 2.24) is 10.2 Å². The maximum atomic E-state index is 12.8. The molecule has 2 aromatic rings. The second-order valence-electron chi connectivity index (χ2n) is 6.56. The van der Waals surface area contributed by atoms with Crippen molar-refractivity contribution in [2.24, 2.45) is 0 Å². The lowest BCUT2D eigenvalue weighted by Crippen LogP contribution is -2.42. The number of nitrogens with one attached hydrogen (secondary N) is 2. The zero-order chi connectivity index (χ0) is 19.2. The Labute approximate surface area is 157 Å². The van der Waals surface area contributed by atoms with Crippen molar-refractivity contribution in [2.45, 2.75) is 32.2 Å². The SMILES string of the molecule is CC(NC(=O)c1ccco1)C(=O)Nc1ccccc1C(=O)N1CCCCC1. The van der Waals surface area contributed by atoms with Crippen LogP contribution in [0.2, 0.25) is 0 Å². The summed E-state index contributed by atoms with van der Waals surface area (Å²) in [5, 5.41) is 5.32. The van der Waals surface area contributed by atoms with Crippen LogP contribution in [-0.4, -0.2) is 41.8 Å². The van der Waals surface area contributed by atoms with Crippen LogP contribution in [0.4, 0.5) is 5.69 Å². The topological polar surface area (TPSA) is 91.6 Å². The molecule has 0 radical (unpaired) electrons. The molecule has 1 aromatic carbocycles. The van der Waals surface area contributed by atoms with E-state index >= 15 is 0 Å². The first-order chi connectivity index (χ1) is 13.1. The van der Waals surface area contributed by atoms with E-state index in [4.69, 9.17) is 4.42 Å². The molecule has 3 rings (SSSR count). The monoisotopic (exact) mass is 369 g/mol. The van der Waals surface area contributed by atoms with Crippen LogP contribution in [0, 0.1) is 0 Å². The van der Waals surface area contributed by atoms with Gasteiger partial charge in [0.1, 0.15) is 6.04 Å². The van der Waals surface area contributed by atoms with Crippen LogP contribution in [0.1, 0.15) is 47.1 Å². The highest BCUT2D eigenvalue weighted by molar-refractivity contribution is 6.05. The van der Waals surface area contributed by atoms with E-state index in [0.29, 0.717) is 11.3 Å². The number of rotatable bonds is 5. The van der Waals surface area contributed by atoms with Crippen molar-refractivity contribution < 1.29 is 18.8 Å². The highest BCUT2D eigenvalue weighted by Crippen LogP contribution is 2.20. The number of nitrogens with zero attached hydrogens (tertiary/aromatic N) is 1. The van der Waals surface area contributed by atoms with Crippen molar-refractivity contribution in [3.63, 3.8) is 0 Å². The molecule has 2 N–H and O–H groups in total. The van der Waals surface area contributed by atoms with Crippen LogP contribution in [0.5, 0.6) is 0 Å². The Morgan fingerprint density at radius 1 is 1.04 bits per heavy atom. The molecule has 0 saturated carbocycles. The Morgan fingerprint density at radius 3 is 2.48 bits per heavy atom. The van der Waals surface area contributed by atoms with Gasteiger partial charge in [-0.05, 0) is 50.5 Å². The minimum Gasteiger partial charge on any atom is -0.459 e. The molecule has 2 heterocycles. The molecule has 0 spiro atoms. The Hall–Kier alpha value is -3.09.